The van der Waals surface area contributed by atoms with Crippen LogP contribution >= 0.6 is 0 Å². The van der Waals surface area contributed by atoms with E-state index in [-0.39, 0.29) is 0 Å². The molecular formula is C12H25N. The van der Waals surface area contributed by atoms with Crippen molar-refractivity contribution < 1.29 is 0 Å². The van der Waals surface area contributed by atoms with Crippen LogP contribution < -0.4 is 5.32 Å². The van der Waals surface area contributed by atoms with Crippen molar-refractivity contribution in [3.8, 4) is 0 Å². The van der Waals surface area contributed by atoms with Crippen LogP contribution in [0.25, 0.3) is 0 Å². The van der Waals surface area contributed by atoms with Gasteiger partial charge < -0.3 is 5.32 Å². The molecule has 0 spiro atoms. The van der Waals surface area contributed by atoms with Crippen LogP contribution in [0.3, 0.4) is 0 Å². The molecule has 78 valence electrons. The molecule has 1 nitrogen and oxygen atoms in total. The van der Waals surface area contributed by atoms with Crippen molar-refractivity contribution in [2.75, 3.05) is 13.1 Å². The van der Waals surface area contributed by atoms with Gasteiger partial charge in [-0.1, -0.05) is 45.8 Å². The second kappa shape index (κ2) is 7.14. The maximum Gasteiger partial charge on any atom is 0.0162 e. The van der Waals surface area contributed by atoms with Crippen molar-refractivity contribution in [3.05, 3.63) is 11.6 Å². The van der Waals surface area contributed by atoms with E-state index in [0.29, 0.717) is 0 Å². The minimum Gasteiger partial charge on any atom is -0.313 e. The summed E-state index contributed by atoms with van der Waals surface area (Å²) in [6.45, 7) is 13.3. The second-order valence-corrected chi connectivity index (χ2v) is 4.42. The molecule has 1 N–H and O–H groups in total. The Morgan fingerprint density at radius 2 is 1.92 bits per heavy atom. The maximum absolute atomic E-state index is 3.45. The van der Waals surface area contributed by atoms with Gasteiger partial charge in [-0.25, -0.2) is 0 Å². The van der Waals surface area contributed by atoms with E-state index in [4.69, 9.17) is 0 Å². The van der Waals surface area contributed by atoms with Gasteiger partial charge in [-0.15, -0.1) is 0 Å². The van der Waals surface area contributed by atoms with Gasteiger partial charge in [0, 0.05) is 6.54 Å². The van der Waals surface area contributed by atoms with Crippen molar-refractivity contribution >= 4 is 0 Å². The van der Waals surface area contributed by atoms with Crippen LogP contribution in [-0.4, -0.2) is 13.1 Å². The molecule has 1 heteroatoms. The van der Waals surface area contributed by atoms with Crippen LogP contribution in [0.2, 0.25) is 0 Å². The molecule has 0 aromatic heterocycles. The Morgan fingerprint density at radius 3 is 2.38 bits per heavy atom. The fraction of sp³-hybridized carbons (Fsp3) is 0.833. The Bertz CT molecular complexity index is 147. The molecule has 0 aliphatic carbocycles. The fourth-order valence-electron chi connectivity index (χ4n) is 1.22. The molecule has 1 unspecified atom stereocenters. The minimum absolute atomic E-state index is 0.723. The van der Waals surface area contributed by atoms with E-state index in [2.05, 4.69) is 46.0 Å². The molecule has 0 aromatic rings. The lowest BCUT2D eigenvalue weighted by molar-refractivity contribution is 0.569. The summed E-state index contributed by atoms with van der Waals surface area (Å²) in [6, 6.07) is 0. The van der Waals surface area contributed by atoms with Gasteiger partial charge >= 0.3 is 0 Å². The Labute approximate surface area is 83.6 Å². The molecule has 0 fully saturated rings. The SMILES string of the molecule is CCC(C)C=C(C)CNCC(C)C. The van der Waals surface area contributed by atoms with Crippen LogP contribution in [-0.2, 0) is 0 Å². The molecule has 0 bridgehead atoms. The topological polar surface area (TPSA) is 12.0 Å². The van der Waals surface area contributed by atoms with E-state index in [0.717, 1.165) is 24.9 Å². The maximum atomic E-state index is 3.45. The Kier molecular flexibility index (Phi) is 6.97. The first-order valence-corrected chi connectivity index (χ1v) is 5.44. The first-order valence-electron chi connectivity index (χ1n) is 5.44. The lowest BCUT2D eigenvalue weighted by atomic mass is 10.1. The summed E-state index contributed by atoms with van der Waals surface area (Å²) in [6.07, 6.45) is 3.61. The van der Waals surface area contributed by atoms with E-state index >= 15 is 0 Å². The largest absolute Gasteiger partial charge is 0.313 e. The third-order valence-electron chi connectivity index (χ3n) is 2.17. The highest BCUT2D eigenvalue weighted by atomic mass is 14.8. The fourth-order valence-corrected chi connectivity index (χ4v) is 1.22. The molecule has 0 saturated carbocycles. The lowest BCUT2D eigenvalue weighted by Crippen LogP contribution is -2.21. The summed E-state index contributed by atoms with van der Waals surface area (Å²) >= 11 is 0. The molecule has 0 aliphatic heterocycles. The molecule has 0 aromatic carbocycles. The normalized spacial score (nSPS) is 15.1. The number of rotatable bonds is 6. The molecule has 13 heavy (non-hydrogen) atoms. The summed E-state index contributed by atoms with van der Waals surface area (Å²) in [5.74, 6) is 1.47. The van der Waals surface area contributed by atoms with E-state index in [9.17, 15) is 0 Å². The predicted molar refractivity (Wildman–Crippen MR) is 60.9 cm³/mol. The molecular weight excluding hydrogens is 158 g/mol. The third kappa shape index (κ3) is 8.04. The zero-order valence-electron chi connectivity index (χ0n) is 9.85. The van der Waals surface area contributed by atoms with Gasteiger partial charge in [0.2, 0.25) is 0 Å². The first kappa shape index (κ1) is 12.7. The second-order valence-electron chi connectivity index (χ2n) is 4.42. The molecule has 0 amide bonds. The van der Waals surface area contributed by atoms with Crippen molar-refractivity contribution in [2.45, 2.75) is 41.0 Å². The highest BCUT2D eigenvalue weighted by Gasteiger charge is 1.96. The van der Waals surface area contributed by atoms with E-state index < -0.39 is 0 Å². The molecule has 0 rings (SSSR count). The van der Waals surface area contributed by atoms with Crippen LogP contribution in [0.1, 0.15) is 41.0 Å². The van der Waals surface area contributed by atoms with Crippen molar-refractivity contribution in [2.24, 2.45) is 11.8 Å². The highest BCUT2D eigenvalue weighted by Crippen LogP contribution is 2.05. The van der Waals surface area contributed by atoms with Crippen molar-refractivity contribution in [1.82, 2.24) is 5.32 Å². The predicted octanol–water partition coefficient (Wildman–Crippen LogP) is 3.22. The van der Waals surface area contributed by atoms with Crippen LogP contribution in [0.5, 0.6) is 0 Å². The van der Waals surface area contributed by atoms with Gasteiger partial charge in [-0.2, -0.15) is 0 Å². The van der Waals surface area contributed by atoms with Gasteiger partial charge in [0.25, 0.3) is 0 Å². The van der Waals surface area contributed by atoms with E-state index in [1.54, 1.807) is 0 Å². The third-order valence-corrected chi connectivity index (χ3v) is 2.17. The minimum atomic E-state index is 0.723. The van der Waals surface area contributed by atoms with Crippen LogP contribution in [0, 0.1) is 11.8 Å². The van der Waals surface area contributed by atoms with Gasteiger partial charge in [0.05, 0.1) is 0 Å². The average Bonchev–Trinajstić information content (AvgIpc) is 2.03. The Balaban J connectivity index is 3.60. The molecule has 1 atom stereocenters. The van der Waals surface area contributed by atoms with Gasteiger partial charge in [0.1, 0.15) is 0 Å². The van der Waals surface area contributed by atoms with E-state index in [1.165, 1.54) is 12.0 Å². The number of allylic oxidation sites excluding steroid dienone is 1. The Morgan fingerprint density at radius 1 is 1.31 bits per heavy atom. The summed E-state index contributed by atoms with van der Waals surface area (Å²) < 4.78 is 0. The zero-order chi connectivity index (χ0) is 10.3. The smallest absolute Gasteiger partial charge is 0.0162 e. The number of hydrogen-bond acceptors (Lipinski definition) is 1. The van der Waals surface area contributed by atoms with Gasteiger partial charge in [-0.05, 0) is 25.3 Å². The Hall–Kier alpha value is -0.300. The van der Waals surface area contributed by atoms with Crippen molar-refractivity contribution in [1.29, 1.82) is 0 Å². The van der Waals surface area contributed by atoms with Crippen LogP contribution in [0.15, 0.2) is 11.6 Å². The first-order chi connectivity index (χ1) is 6.06. The van der Waals surface area contributed by atoms with Gasteiger partial charge in [-0.3, -0.25) is 0 Å². The highest BCUT2D eigenvalue weighted by molar-refractivity contribution is 5.02. The molecule has 0 heterocycles. The summed E-state index contributed by atoms with van der Waals surface area (Å²) in [4.78, 5) is 0. The summed E-state index contributed by atoms with van der Waals surface area (Å²) in [7, 11) is 0. The molecule has 0 aliphatic rings. The van der Waals surface area contributed by atoms with Crippen LogP contribution in [0.4, 0.5) is 0 Å². The number of nitrogens with one attached hydrogen (secondary N) is 1. The van der Waals surface area contributed by atoms with Crippen molar-refractivity contribution in [3.63, 3.8) is 0 Å². The standard InChI is InChI=1S/C12H25N/c1-6-11(4)7-12(5)9-13-8-10(2)3/h7,10-11,13H,6,8-9H2,1-5H3. The zero-order valence-corrected chi connectivity index (χ0v) is 9.85. The monoisotopic (exact) mass is 183 g/mol. The quantitative estimate of drug-likeness (QED) is 0.623. The molecule has 0 radical (unpaired) electrons. The van der Waals surface area contributed by atoms with Gasteiger partial charge in [0.15, 0.2) is 0 Å². The lowest BCUT2D eigenvalue weighted by Gasteiger charge is -2.09. The molecule has 0 saturated heterocycles. The van der Waals surface area contributed by atoms with E-state index in [1.807, 2.05) is 0 Å². The average molecular weight is 183 g/mol. The summed E-state index contributed by atoms with van der Waals surface area (Å²) in [5, 5.41) is 3.45. The number of hydrogen-bond donors (Lipinski definition) is 1. The summed E-state index contributed by atoms with van der Waals surface area (Å²) in [5.41, 5.74) is 1.47.